The van der Waals surface area contributed by atoms with Crippen LogP contribution < -0.4 is 5.73 Å². The summed E-state index contributed by atoms with van der Waals surface area (Å²) in [4.78, 5) is 14.5. The maximum atomic E-state index is 12.5. The van der Waals surface area contributed by atoms with Gasteiger partial charge in [-0.05, 0) is 26.2 Å². The number of hydrogen-bond acceptors (Lipinski definition) is 2. The summed E-state index contributed by atoms with van der Waals surface area (Å²) in [7, 11) is 0. The standard InChI is InChI=1S/C13H22N2O/c1-11-4-8-15(9-5-11)12(16)13(10-14)6-2-3-7-13/h4H,2-3,5-10,14H2,1H3. The lowest BCUT2D eigenvalue weighted by Crippen LogP contribution is -2.47. The normalized spacial score (nSPS) is 24.4. The van der Waals surface area contributed by atoms with E-state index in [1.807, 2.05) is 4.90 Å². The van der Waals surface area contributed by atoms with Crippen molar-refractivity contribution in [3.8, 4) is 0 Å². The molecular formula is C13H22N2O. The Bertz CT molecular complexity index is 303. The number of carbonyl (C=O) groups is 1. The molecule has 1 amide bonds. The van der Waals surface area contributed by atoms with E-state index in [4.69, 9.17) is 5.73 Å². The molecule has 0 aromatic rings. The Kier molecular flexibility index (Phi) is 3.33. The number of amides is 1. The molecule has 3 nitrogen and oxygen atoms in total. The first-order chi connectivity index (χ1) is 7.68. The van der Waals surface area contributed by atoms with E-state index in [2.05, 4.69) is 13.0 Å². The van der Waals surface area contributed by atoms with Crippen LogP contribution in [0.25, 0.3) is 0 Å². The smallest absolute Gasteiger partial charge is 0.230 e. The SMILES string of the molecule is CC1=CCN(C(=O)C2(CN)CCCC2)CC1. The van der Waals surface area contributed by atoms with E-state index in [1.165, 1.54) is 5.57 Å². The third-order valence-corrected chi connectivity index (χ3v) is 4.13. The Balaban J connectivity index is 2.06. The molecule has 1 heterocycles. The molecule has 2 N–H and O–H groups in total. The van der Waals surface area contributed by atoms with Gasteiger partial charge in [0.15, 0.2) is 0 Å². The van der Waals surface area contributed by atoms with Gasteiger partial charge in [-0.1, -0.05) is 24.5 Å². The lowest BCUT2D eigenvalue weighted by Gasteiger charge is -2.35. The molecule has 0 saturated heterocycles. The predicted molar refractivity (Wildman–Crippen MR) is 64.9 cm³/mol. The number of nitrogens with zero attached hydrogens (tertiary/aromatic N) is 1. The largest absolute Gasteiger partial charge is 0.338 e. The van der Waals surface area contributed by atoms with Gasteiger partial charge in [0, 0.05) is 19.6 Å². The molecule has 0 spiro atoms. The first-order valence-corrected chi connectivity index (χ1v) is 6.33. The van der Waals surface area contributed by atoms with Crippen molar-refractivity contribution < 1.29 is 4.79 Å². The van der Waals surface area contributed by atoms with E-state index in [1.54, 1.807) is 0 Å². The zero-order chi connectivity index (χ0) is 11.6. The Morgan fingerprint density at radius 3 is 2.69 bits per heavy atom. The van der Waals surface area contributed by atoms with Gasteiger partial charge >= 0.3 is 0 Å². The molecule has 0 aromatic carbocycles. The van der Waals surface area contributed by atoms with E-state index in [9.17, 15) is 4.79 Å². The Morgan fingerprint density at radius 2 is 2.19 bits per heavy atom. The molecule has 0 radical (unpaired) electrons. The van der Waals surface area contributed by atoms with Crippen LogP contribution in [0, 0.1) is 5.41 Å². The van der Waals surface area contributed by atoms with E-state index < -0.39 is 0 Å². The van der Waals surface area contributed by atoms with Crippen molar-refractivity contribution >= 4 is 5.91 Å². The highest BCUT2D eigenvalue weighted by atomic mass is 16.2. The van der Waals surface area contributed by atoms with Crippen LogP contribution in [0.5, 0.6) is 0 Å². The monoisotopic (exact) mass is 222 g/mol. The van der Waals surface area contributed by atoms with Gasteiger partial charge in [-0.2, -0.15) is 0 Å². The highest BCUT2D eigenvalue weighted by molar-refractivity contribution is 5.83. The minimum absolute atomic E-state index is 0.223. The number of rotatable bonds is 2. The Labute approximate surface area is 97.7 Å². The first kappa shape index (κ1) is 11.6. The van der Waals surface area contributed by atoms with E-state index in [0.29, 0.717) is 12.5 Å². The quantitative estimate of drug-likeness (QED) is 0.723. The highest BCUT2D eigenvalue weighted by Crippen LogP contribution is 2.39. The molecule has 0 atom stereocenters. The van der Waals surface area contributed by atoms with Crippen molar-refractivity contribution in [2.75, 3.05) is 19.6 Å². The molecule has 0 bridgehead atoms. The highest BCUT2D eigenvalue weighted by Gasteiger charge is 2.42. The number of hydrogen-bond donors (Lipinski definition) is 1. The average Bonchev–Trinajstić information content (AvgIpc) is 2.79. The van der Waals surface area contributed by atoms with Crippen molar-refractivity contribution in [2.24, 2.45) is 11.1 Å². The summed E-state index contributed by atoms with van der Waals surface area (Å²) in [6.45, 7) is 4.32. The van der Waals surface area contributed by atoms with Crippen LogP contribution in [0.4, 0.5) is 0 Å². The molecule has 1 aliphatic heterocycles. The maximum absolute atomic E-state index is 12.5. The Hall–Kier alpha value is -0.830. The summed E-state index contributed by atoms with van der Waals surface area (Å²) in [6, 6.07) is 0. The fourth-order valence-electron chi connectivity index (χ4n) is 2.85. The van der Waals surface area contributed by atoms with Crippen molar-refractivity contribution in [1.82, 2.24) is 4.90 Å². The van der Waals surface area contributed by atoms with Gasteiger partial charge in [0.1, 0.15) is 0 Å². The number of nitrogens with two attached hydrogens (primary N) is 1. The Morgan fingerprint density at radius 1 is 1.50 bits per heavy atom. The summed E-state index contributed by atoms with van der Waals surface area (Å²) < 4.78 is 0. The topological polar surface area (TPSA) is 46.3 Å². The van der Waals surface area contributed by atoms with Crippen LogP contribution in [0.3, 0.4) is 0 Å². The van der Waals surface area contributed by atoms with Crippen LogP contribution in [0.1, 0.15) is 39.0 Å². The molecule has 16 heavy (non-hydrogen) atoms. The van der Waals surface area contributed by atoms with Gasteiger partial charge in [-0.25, -0.2) is 0 Å². The van der Waals surface area contributed by atoms with Crippen molar-refractivity contribution in [3.05, 3.63) is 11.6 Å². The summed E-state index contributed by atoms with van der Waals surface area (Å²) in [6.07, 6.45) is 7.48. The van der Waals surface area contributed by atoms with Crippen molar-refractivity contribution in [3.63, 3.8) is 0 Å². The fourth-order valence-corrected chi connectivity index (χ4v) is 2.85. The zero-order valence-corrected chi connectivity index (χ0v) is 10.2. The van der Waals surface area contributed by atoms with Crippen molar-refractivity contribution in [2.45, 2.75) is 39.0 Å². The minimum Gasteiger partial charge on any atom is -0.338 e. The zero-order valence-electron chi connectivity index (χ0n) is 10.2. The minimum atomic E-state index is -0.223. The van der Waals surface area contributed by atoms with Gasteiger partial charge < -0.3 is 10.6 Å². The summed E-state index contributed by atoms with van der Waals surface area (Å²) in [5.41, 5.74) is 7.02. The van der Waals surface area contributed by atoms with E-state index >= 15 is 0 Å². The van der Waals surface area contributed by atoms with Crippen LogP contribution >= 0.6 is 0 Å². The molecule has 2 rings (SSSR count). The molecule has 3 heteroatoms. The van der Waals surface area contributed by atoms with Crippen LogP contribution in [-0.4, -0.2) is 30.4 Å². The molecule has 2 aliphatic rings. The number of carbonyl (C=O) groups excluding carboxylic acids is 1. The van der Waals surface area contributed by atoms with E-state index in [0.717, 1.165) is 45.2 Å². The first-order valence-electron chi connectivity index (χ1n) is 6.33. The van der Waals surface area contributed by atoms with Gasteiger partial charge in [0.05, 0.1) is 5.41 Å². The molecule has 0 aromatic heterocycles. The molecule has 1 saturated carbocycles. The third-order valence-electron chi connectivity index (χ3n) is 4.13. The summed E-state index contributed by atoms with van der Waals surface area (Å²) in [5.74, 6) is 0.302. The van der Waals surface area contributed by atoms with Crippen molar-refractivity contribution in [1.29, 1.82) is 0 Å². The molecular weight excluding hydrogens is 200 g/mol. The van der Waals surface area contributed by atoms with Crippen LogP contribution in [0.15, 0.2) is 11.6 Å². The van der Waals surface area contributed by atoms with Crippen LogP contribution in [-0.2, 0) is 4.79 Å². The van der Waals surface area contributed by atoms with Gasteiger partial charge in [-0.3, -0.25) is 4.79 Å². The molecule has 1 fully saturated rings. The second-order valence-electron chi connectivity index (χ2n) is 5.24. The van der Waals surface area contributed by atoms with Gasteiger partial charge in [0.25, 0.3) is 0 Å². The average molecular weight is 222 g/mol. The molecule has 1 aliphatic carbocycles. The summed E-state index contributed by atoms with van der Waals surface area (Å²) in [5, 5.41) is 0. The van der Waals surface area contributed by atoms with E-state index in [-0.39, 0.29) is 5.41 Å². The second kappa shape index (κ2) is 4.58. The lowest BCUT2D eigenvalue weighted by molar-refractivity contribution is -0.141. The van der Waals surface area contributed by atoms with Crippen LogP contribution in [0.2, 0.25) is 0 Å². The maximum Gasteiger partial charge on any atom is 0.230 e. The molecule has 0 unspecified atom stereocenters. The lowest BCUT2D eigenvalue weighted by atomic mass is 9.84. The molecule has 90 valence electrons. The van der Waals surface area contributed by atoms with Gasteiger partial charge in [-0.15, -0.1) is 0 Å². The van der Waals surface area contributed by atoms with Gasteiger partial charge in [0.2, 0.25) is 5.91 Å². The third kappa shape index (κ3) is 2.01. The summed E-state index contributed by atoms with van der Waals surface area (Å²) >= 11 is 0. The predicted octanol–water partition coefficient (Wildman–Crippen LogP) is 1.68. The second-order valence-corrected chi connectivity index (χ2v) is 5.24. The fraction of sp³-hybridized carbons (Fsp3) is 0.769.